The fourth-order valence-corrected chi connectivity index (χ4v) is 4.24. The molecule has 0 bridgehead atoms. The fraction of sp³-hybridized carbons (Fsp3) is 0.231. The van der Waals surface area contributed by atoms with Gasteiger partial charge in [0.15, 0.2) is 0 Å². The van der Waals surface area contributed by atoms with E-state index < -0.39 is 0 Å². The van der Waals surface area contributed by atoms with Crippen molar-refractivity contribution in [2.75, 3.05) is 31.6 Å². The second-order valence-electron chi connectivity index (χ2n) is 7.90. The molecular formula is C26H26Cl3N3O. The molecule has 0 aromatic heterocycles. The molecule has 3 aromatic rings. The van der Waals surface area contributed by atoms with Crippen molar-refractivity contribution in [1.29, 1.82) is 0 Å². The summed E-state index contributed by atoms with van der Waals surface area (Å²) in [6.45, 7) is 3.70. The molecule has 1 N–H and O–H groups in total. The Morgan fingerprint density at radius 1 is 0.848 bits per heavy atom. The number of hydrogen-bond acceptors (Lipinski definition) is 4. The van der Waals surface area contributed by atoms with Crippen molar-refractivity contribution in [3.05, 3.63) is 111 Å². The number of para-hydroxylation sites is 1. The smallest absolute Gasteiger partial charge is 0.100 e. The van der Waals surface area contributed by atoms with Crippen LogP contribution in [0.4, 0.5) is 5.69 Å². The summed E-state index contributed by atoms with van der Waals surface area (Å²) < 4.78 is 6.33. The van der Waals surface area contributed by atoms with Crippen LogP contribution in [-0.4, -0.2) is 36.1 Å². The van der Waals surface area contributed by atoms with Gasteiger partial charge in [0.25, 0.3) is 0 Å². The monoisotopic (exact) mass is 501 g/mol. The van der Waals surface area contributed by atoms with Gasteiger partial charge >= 0.3 is 0 Å². The zero-order valence-electron chi connectivity index (χ0n) is 18.1. The third kappa shape index (κ3) is 7.05. The minimum absolute atomic E-state index is 0.138. The molecule has 1 unspecified atom stereocenters. The molecule has 33 heavy (non-hydrogen) atoms. The maximum atomic E-state index is 6.35. The number of halogens is 3. The van der Waals surface area contributed by atoms with Crippen molar-refractivity contribution in [3.8, 4) is 0 Å². The molecule has 1 heterocycles. The average Bonchev–Trinajstić information content (AvgIpc) is 3.26. The Morgan fingerprint density at radius 3 is 2.33 bits per heavy atom. The van der Waals surface area contributed by atoms with E-state index in [1.807, 2.05) is 54.6 Å². The van der Waals surface area contributed by atoms with Crippen LogP contribution in [0.5, 0.6) is 0 Å². The van der Waals surface area contributed by atoms with Crippen molar-refractivity contribution >= 4 is 40.5 Å². The van der Waals surface area contributed by atoms with Gasteiger partial charge in [-0.05, 0) is 47.5 Å². The van der Waals surface area contributed by atoms with Gasteiger partial charge in [-0.25, -0.2) is 0 Å². The molecular weight excluding hydrogens is 477 g/mol. The molecule has 1 atom stereocenters. The predicted octanol–water partition coefficient (Wildman–Crippen LogP) is 7.06. The first-order chi connectivity index (χ1) is 16.1. The predicted molar refractivity (Wildman–Crippen MR) is 138 cm³/mol. The molecule has 0 radical (unpaired) electrons. The van der Waals surface area contributed by atoms with Gasteiger partial charge < -0.3 is 19.9 Å². The van der Waals surface area contributed by atoms with Crippen molar-refractivity contribution < 1.29 is 4.74 Å². The summed E-state index contributed by atoms with van der Waals surface area (Å²) in [6, 6.07) is 23.5. The fourth-order valence-electron chi connectivity index (χ4n) is 3.65. The molecule has 0 spiro atoms. The first-order valence-electron chi connectivity index (χ1n) is 10.8. The van der Waals surface area contributed by atoms with Crippen molar-refractivity contribution in [2.24, 2.45) is 0 Å². The van der Waals surface area contributed by atoms with Gasteiger partial charge in [-0.1, -0.05) is 71.2 Å². The summed E-state index contributed by atoms with van der Waals surface area (Å²) in [5, 5.41) is 5.38. The van der Waals surface area contributed by atoms with E-state index in [0.717, 1.165) is 36.6 Å². The molecule has 0 amide bonds. The van der Waals surface area contributed by atoms with Crippen LogP contribution in [0.25, 0.3) is 0 Å². The molecule has 1 aliphatic heterocycles. The Morgan fingerprint density at radius 2 is 1.58 bits per heavy atom. The highest BCUT2D eigenvalue weighted by atomic mass is 35.5. The van der Waals surface area contributed by atoms with Gasteiger partial charge in [-0.2, -0.15) is 0 Å². The maximum absolute atomic E-state index is 6.35. The molecule has 4 nitrogen and oxygen atoms in total. The summed E-state index contributed by atoms with van der Waals surface area (Å²) in [5.74, 6) is 0. The van der Waals surface area contributed by atoms with Gasteiger partial charge in [0, 0.05) is 52.8 Å². The molecule has 172 valence electrons. The summed E-state index contributed by atoms with van der Waals surface area (Å²) in [4.78, 5) is 4.54. The summed E-state index contributed by atoms with van der Waals surface area (Å²) >= 11 is 18.5. The second kappa shape index (κ2) is 11.7. The Balaban J connectivity index is 1.34. The normalized spacial score (nSPS) is 14.0. The number of benzene rings is 3. The summed E-state index contributed by atoms with van der Waals surface area (Å²) in [7, 11) is 0. The number of ether oxygens (including phenoxy) is 1. The van der Waals surface area contributed by atoms with Crippen molar-refractivity contribution in [2.45, 2.75) is 12.7 Å². The molecule has 0 aliphatic carbocycles. The van der Waals surface area contributed by atoms with E-state index in [1.165, 1.54) is 0 Å². The number of nitrogens with one attached hydrogen (secondary N) is 1. The first kappa shape index (κ1) is 23.8. The lowest BCUT2D eigenvalue weighted by Crippen LogP contribution is -2.32. The van der Waals surface area contributed by atoms with Crippen LogP contribution in [0.15, 0.2) is 85.2 Å². The molecule has 0 fully saturated rings. The number of nitrogens with zero attached hydrogens (tertiary/aromatic N) is 2. The Labute approximate surface area is 210 Å². The maximum Gasteiger partial charge on any atom is 0.100 e. The van der Waals surface area contributed by atoms with Crippen LogP contribution < -0.4 is 5.32 Å². The van der Waals surface area contributed by atoms with E-state index in [4.69, 9.17) is 39.5 Å². The van der Waals surface area contributed by atoms with Crippen LogP contribution in [0.1, 0.15) is 17.2 Å². The van der Waals surface area contributed by atoms with Crippen molar-refractivity contribution in [1.82, 2.24) is 9.80 Å². The highest BCUT2D eigenvalue weighted by molar-refractivity contribution is 6.35. The van der Waals surface area contributed by atoms with Crippen molar-refractivity contribution in [3.63, 3.8) is 0 Å². The van der Waals surface area contributed by atoms with Gasteiger partial charge in [0.1, 0.15) is 6.10 Å². The average molecular weight is 503 g/mol. The Hall–Kier alpha value is -2.37. The lowest BCUT2D eigenvalue weighted by molar-refractivity contribution is 0.0197. The zero-order valence-corrected chi connectivity index (χ0v) is 20.4. The highest BCUT2D eigenvalue weighted by Gasteiger charge is 2.20. The Kier molecular flexibility index (Phi) is 8.40. The van der Waals surface area contributed by atoms with E-state index >= 15 is 0 Å². The number of anilines is 1. The minimum Gasteiger partial charge on any atom is -0.383 e. The zero-order chi connectivity index (χ0) is 23.0. The molecule has 7 heteroatoms. The van der Waals surface area contributed by atoms with E-state index in [9.17, 15) is 0 Å². The first-order valence-corrected chi connectivity index (χ1v) is 12.0. The van der Waals surface area contributed by atoms with E-state index in [1.54, 1.807) is 6.07 Å². The SMILES string of the molecule is Clc1ccc(C(CN2C=CN(CCNc3ccccc3)C2)OCc2ccc(Cl)cc2Cl)cc1. The van der Waals surface area contributed by atoms with E-state index in [0.29, 0.717) is 28.2 Å². The van der Waals surface area contributed by atoms with Gasteiger partial charge in [-0.15, -0.1) is 0 Å². The molecule has 4 rings (SSSR count). The lowest BCUT2D eigenvalue weighted by atomic mass is 10.1. The highest BCUT2D eigenvalue weighted by Crippen LogP contribution is 2.27. The summed E-state index contributed by atoms with van der Waals surface area (Å²) in [6.07, 6.45) is 4.10. The molecule has 1 aliphatic rings. The quantitative estimate of drug-likeness (QED) is 0.321. The van der Waals surface area contributed by atoms with Crippen LogP contribution in [0.2, 0.25) is 15.1 Å². The molecule has 3 aromatic carbocycles. The van der Waals surface area contributed by atoms with E-state index in [2.05, 4.69) is 39.6 Å². The van der Waals surface area contributed by atoms with Gasteiger partial charge in [0.05, 0.1) is 13.3 Å². The molecule has 0 saturated carbocycles. The lowest BCUT2D eigenvalue weighted by Gasteiger charge is -2.27. The van der Waals surface area contributed by atoms with Crippen LogP contribution in [0, 0.1) is 0 Å². The Bertz CT molecular complexity index is 1060. The van der Waals surface area contributed by atoms with Crippen LogP contribution in [-0.2, 0) is 11.3 Å². The summed E-state index contributed by atoms with van der Waals surface area (Å²) in [5.41, 5.74) is 3.11. The third-order valence-electron chi connectivity index (χ3n) is 5.45. The van der Waals surface area contributed by atoms with Gasteiger partial charge in [0.2, 0.25) is 0 Å². The van der Waals surface area contributed by atoms with E-state index in [-0.39, 0.29) is 6.10 Å². The minimum atomic E-state index is -0.138. The van der Waals surface area contributed by atoms with Crippen LogP contribution >= 0.6 is 34.8 Å². The second-order valence-corrected chi connectivity index (χ2v) is 9.18. The largest absolute Gasteiger partial charge is 0.383 e. The standard InChI is InChI=1S/C26H26Cl3N3O/c27-22-9-6-20(7-10-22)26(33-18-21-8-11-23(28)16-25(21)29)17-32-15-14-31(19-32)13-12-30-24-4-2-1-3-5-24/h1-11,14-16,26,30H,12-13,17-19H2. The van der Waals surface area contributed by atoms with Crippen LogP contribution in [0.3, 0.4) is 0 Å². The van der Waals surface area contributed by atoms with Gasteiger partial charge in [-0.3, -0.25) is 0 Å². The third-order valence-corrected chi connectivity index (χ3v) is 6.29. The topological polar surface area (TPSA) is 27.7 Å². The number of rotatable bonds is 10. The molecule has 0 saturated heterocycles. The number of hydrogen-bond donors (Lipinski definition) is 1.